The first-order valence-electron chi connectivity index (χ1n) is 4.03. The van der Waals surface area contributed by atoms with Gasteiger partial charge in [0.15, 0.2) is 0 Å². The van der Waals surface area contributed by atoms with E-state index in [1.54, 1.807) is 18.2 Å². The molecule has 0 aliphatic heterocycles. The van der Waals surface area contributed by atoms with Crippen molar-refractivity contribution in [1.29, 1.82) is 0 Å². The second-order valence-electron chi connectivity index (χ2n) is 2.65. The van der Waals surface area contributed by atoms with Gasteiger partial charge in [-0.3, -0.25) is 4.79 Å². The van der Waals surface area contributed by atoms with Crippen LogP contribution in [0.25, 0.3) is 0 Å². The van der Waals surface area contributed by atoms with Gasteiger partial charge in [0.05, 0.1) is 5.97 Å². The van der Waals surface area contributed by atoms with Crippen molar-refractivity contribution < 1.29 is 14.7 Å². The Kier molecular flexibility index (Phi) is 4.05. The van der Waals surface area contributed by atoms with E-state index >= 15 is 0 Å². The van der Waals surface area contributed by atoms with E-state index in [2.05, 4.69) is 21.2 Å². The van der Waals surface area contributed by atoms with Crippen molar-refractivity contribution in [2.75, 3.05) is 5.32 Å². The lowest BCUT2D eigenvalue weighted by Gasteiger charge is -2.01. The van der Waals surface area contributed by atoms with Gasteiger partial charge in [-0.25, -0.2) is 0 Å². The third-order valence-corrected chi connectivity index (χ3v) is 1.96. The molecule has 1 aromatic rings. The highest BCUT2D eigenvalue weighted by Gasteiger charge is 1.97. The highest BCUT2D eigenvalue weighted by atomic mass is 79.9. The van der Waals surface area contributed by atoms with E-state index in [1.165, 1.54) is 0 Å². The number of carbonyl (C=O) groups excluding carboxylic acids is 2. The van der Waals surface area contributed by atoms with Crippen LogP contribution in [0.15, 0.2) is 40.9 Å². The summed E-state index contributed by atoms with van der Waals surface area (Å²) in [5.41, 5.74) is 0.581. The van der Waals surface area contributed by atoms with Crippen molar-refractivity contribution in [1.82, 2.24) is 0 Å². The summed E-state index contributed by atoms with van der Waals surface area (Å²) < 4.78 is 0.823. The zero-order chi connectivity index (χ0) is 11.3. The monoisotopic (exact) mass is 268 g/mol. The van der Waals surface area contributed by atoms with Gasteiger partial charge in [-0.05, 0) is 24.3 Å². The van der Waals surface area contributed by atoms with Gasteiger partial charge in [-0.15, -0.1) is 0 Å². The summed E-state index contributed by atoms with van der Waals surface area (Å²) in [5, 5.41) is 12.5. The number of amides is 1. The number of hydrogen-bond donors (Lipinski definition) is 1. The van der Waals surface area contributed by atoms with Gasteiger partial charge in [-0.2, -0.15) is 0 Å². The van der Waals surface area contributed by atoms with Gasteiger partial charge in [0.25, 0.3) is 0 Å². The molecule has 0 aromatic heterocycles. The minimum Gasteiger partial charge on any atom is -0.545 e. The molecule has 0 saturated heterocycles. The van der Waals surface area contributed by atoms with Gasteiger partial charge in [0.1, 0.15) is 0 Å². The molecule has 0 fully saturated rings. The Labute approximate surface area is 94.7 Å². The van der Waals surface area contributed by atoms with Crippen molar-refractivity contribution in [2.24, 2.45) is 0 Å². The summed E-state index contributed by atoms with van der Waals surface area (Å²) in [4.78, 5) is 21.1. The molecular weight excluding hydrogens is 262 g/mol. The predicted octanol–water partition coefficient (Wildman–Crippen LogP) is 0.694. The molecule has 0 aliphatic rings. The van der Waals surface area contributed by atoms with Crippen molar-refractivity contribution in [3.8, 4) is 0 Å². The average molecular weight is 269 g/mol. The number of carboxylic acid groups (broad SMARTS) is 1. The molecule has 0 bridgehead atoms. The minimum absolute atomic E-state index is 0.516. The van der Waals surface area contributed by atoms with Crippen molar-refractivity contribution in [3.63, 3.8) is 0 Å². The normalized spacial score (nSPS) is 10.2. The lowest BCUT2D eigenvalue weighted by atomic mass is 10.3. The second-order valence-corrected chi connectivity index (χ2v) is 3.57. The van der Waals surface area contributed by atoms with Crippen LogP contribution < -0.4 is 10.4 Å². The Morgan fingerprint density at radius 2 is 2.07 bits per heavy atom. The maximum atomic E-state index is 11.1. The van der Waals surface area contributed by atoms with Gasteiger partial charge in [0, 0.05) is 16.2 Å². The summed E-state index contributed by atoms with van der Waals surface area (Å²) in [7, 11) is 0. The number of carbonyl (C=O) groups is 2. The van der Waals surface area contributed by atoms with E-state index in [0.29, 0.717) is 11.8 Å². The standard InChI is InChI=1S/C10H8BrNO3/c11-7-2-1-3-8(6-7)12-9(13)4-5-10(14)15/h1-6H,(H,12,13)(H,14,15)/p-1. The first-order chi connectivity index (χ1) is 7.08. The Bertz CT molecular complexity index is 415. The first-order valence-corrected chi connectivity index (χ1v) is 4.83. The fourth-order valence-electron chi connectivity index (χ4n) is 0.894. The molecule has 0 radical (unpaired) electrons. The number of anilines is 1. The van der Waals surface area contributed by atoms with Crippen LogP contribution in [0.2, 0.25) is 0 Å². The quantitative estimate of drug-likeness (QED) is 0.821. The van der Waals surface area contributed by atoms with Crippen LogP contribution in [0, 0.1) is 0 Å². The first kappa shape index (κ1) is 11.5. The van der Waals surface area contributed by atoms with Gasteiger partial charge in [0.2, 0.25) is 5.91 Å². The summed E-state index contributed by atoms with van der Waals surface area (Å²) in [5.74, 6) is -1.92. The van der Waals surface area contributed by atoms with Crippen LogP contribution >= 0.6 is 15.9 Å². The topological polar surface area (TPSA) is 69.2 Å². The third kappa shape index (κ3) is 4.42. The molecule has 0 heterocycles. The number of halogens is 1. The predicted molar refractivity (Wildman–Crippen MR) is 56.9 cm³/mol. The molecular formula is C10H7BrNO3-. The molecule has 1 aromatic carbocycles. The summed E-state index contributed by atoms with van der Waals surface area (Å²) >= 11 is 3.24. The van der Waals surface area contributed by atoms with E-state index in [0.717, 1.165) is 10.5 Å². The van der Waals surface area contributed by atoms with E-state index in [9.17, 15) is 14.7 Å². The SMILES string of the molecule is O=C([O-])C=CC(=O)Nc1cccc(Br)c1. The second kappa shape index (κ2) is 5.31. The van der Waals surface area contributed by atoms with E-state index < -0.39 is 11.9 Å². The van der Waals surface area contributed by atoms with Crippen LogP contribution in [0.4, 0.5) is 5.69 Å². The molecule has 1 N–H and O–H groups in total. The minimum atomic E-state index is -1.40. The van der Waals surface area contributed by atoms with Gasteiger partial charge >= 0.3 is 0 Å². The lowest BCUT2D eigenvalue weighted by Crippen LogP contribution is -2.20. The average Bonchev–Trinajstić information content (AvgIpc) is 2.15. The van der Waals surface area contributed by atoms with Crippen molar-refractivity contribution in [2.45, 2.75) is 0 Å². The Morgan fingerprint density at radius 1 is 1.33 bits per heavy atom. The molecule has 78 valence electrons. The lowest BCUT2D eigenvalue weighted by molar-refractivity contribution is -0.297. The zero-order valence-corrected chi connectivity index (χ0v) is 9.15. The Morgan fingerprint density at radius 3 is 2.67 bits per heavy atom. The van der Waals surface area contributed by atoms with Crippen LogP contribution in [-0.4, -0.2) is 11.9 Å². The highest BCUT2D eigenvalue weighted by Crippen LogP contribution is 2.15. The van der Waals surface area contributed by atoms with Gasteiger partial charge < -0.3 is 15.2 Å². The Hall–Kier alpha value is -1.62. The molecule has 15 heavy (non-hydrogen) atoms. The largest absolute Gasteiger partial charge is 0.545 e. The third-order valence-electron chi connectivity index (χ3n) is 1.46. The number of aliphatic carboxylic acids is 1. The van der Waals surface area contributed by atoms with Gasteiger partial charge in [-0.1, -0.05) is 22.0 Å². The molecule has 0 aliphatic carbocycles. The fraction of sp³-hybridized carbons (Fsp3) is 0. The maximum Gasteiger partial charge on any atom is 0.248 e. The van der Waals surface area contributed by atoms with Crippen molar-refractivity contribution in [3.05, 3.63) is 40.9 Å². The van der Waals surface area contributed by atoms with Crippen LogP contribution in [-0.2, 0) is 9.59 Å². The molecule has 0 saturated carbocycles. The maximum absolute atomic E-state index is 11.1. The summed E-state index contributed by atoms with van der Waals surface area (Å²) in [6.07, 6.45) is 1.57. The molecule has 1 amide bonds. The molecule has 0 spiro atoms. The smallest absolute Gasteiger partial charge is 0.248 e. The molecule has 4 nitrogen and oxygen atoms in total. The van der Waals surface area contributed by atoms with E-state index in [-0.39, 0.29) is 0 Å². The molecule has 0 atom stereocenters. The number of nitrogens with one attached hydrogen (secondary N) is 1. The number of carboxylic acids is 1. The number of rotatable bonds is 3. The van der Waals surface area contributed by atoms with Crippen LogP contribution in [0.3, 0.4) is 0 Å². The molecule has 0 unspecified atom stereocenters. The zero-order valence-electron chi connectivity index (χ0n) is 7.57. The van der Waals surface area contributed by atoms with E-state index in [1.807, 2.05) is 6.07 Å². The Balaban J connectivity index is 2.63. The van der Waals surface area contributed by atoms with Crippen LogP contribution in [0.1, 0.15) is 0 Å². The number of hydrogen-bond acceptors (Lipinski definition) is 3. The van der Waals surface area contributed by atoms with E-state index in [4.69, 9.17) is 0 Å². The summed E-state index contributed by atoms with van der Waals surface area (Å²) in [6.45, 7) is 0. The van der Waals surface area contributed by atoms with Crippen molar-refractivity contribution >= 4 is 33.5 Å². The van der Waals surface area contributed by atoms with Crippen LogP contribution in [0.5, 0.6) is 0 Å². The highest BCUT2D eigenvalue weighted by molar-refractivity contribution is 9.10. The molecule has 1 rings (SSSR count). The summed E-state index contributed by atoms with van der Waals surface area (Å²) in [6, 6.07) is 6.95. The molecule has 5 heteroatoms. The number of benzene rings is 1. The fourth-order valence-corrected chi connectivity index (χ4v) is 1.29.